The summed E-state index contributed by atoms with van der Waals surface area (Å²) in [4.78, 5) is 30.1. The molecule has 4 bridgehead atoms. The zero-order valence-corrected chi connectivity index (χ0v) is 18.9. The number of aryl methyl sites for hydroxylation is 1. The van der Waals surface area contributed by atoms with Crippen LogP contribution in [0.1, 0.15) is 60.3 Å². The molecule has 170 valence electrons. The number of fused-ring (bicyclic) bond motifs is 1. The summed E-state index contributed by atoms with van der Waals surface area (Å²) in [7, 11) is 0. The van der Waals surface area contributed by atoms with Gasteiger partial charge in [0.05, 0.1) is 0 Å². The highest BCUT2D eigenvalue weighted by Crippen LogP contribution is 2.60. The molecule has 2 N–H and O–H groups in total. The number of nitrogens with one attached hydrogen (secondary N) is 2. The molecule has 0 saturated heterocycles. The van der Waals surface area contributed by atoms with E-state index in [1.807, 2.05) is 12.1 Å². The lowest BCUT2D eigenvalue weighted by Crippen LogP contribution is -2.53. The van der Waals surface area contributed by atoms with Crippen LogP contribution in [0.15, 0.2) is 46.9 Å². The van der Waals surface area contributed by atoms with Crippen molar-refractivity contribution >= 4 is 28.6 Å². The van der Waals surface area contributed by atoms with Crippen molar-refractivity contribution in [3.05, 3.63) is 59.5 Å². The predicted molar refractivity (Wildman–Crippen MR) is 126 cm³/mol. The van der Waals surface area contributed by atoms with Crippen LogP contribution in [0.3, 0.4) is 0 Å². The van der Waals surface area contributed by atoms with E-state index in [9.17, 15) is 9.59 Å². The average Bonchev–Trinajstić information content (AvgIpc) is 3.16. The van der Waals surface area contributed by atoms with Crippen molar-refractivity contribution in [1.29, 1.82) is 0 Å². The molecule has 33 heavy (non-hydrogen) atoms. The standard InChI is InChI=1S/C27H29N3O3/c1-16-29-23-11-22(6-7-24(23)33-16)30-25(31)21-4-2-17(3-5-21)15-28-26(32)27-12-18-8-19(13-27)10-20(9-18)14-27/h2-7,11,18-20H,8-10,12-15H2,1H3,(H,28,32)(H,30,31). The van der Waals surface area contributed by atoms with Crippen LogP contribution in [0, 0.1) is 30.1 Å². The van der Waals surface area contributed by atoms with Crippen LogP contribution in [0.2, 0.25) is 0 Å². The summed E-state index contributed by atoms with van der Waals surface area (Å²) in [6.07, 6.45) is 7.23. The van der Waals surface area contributed by atoms with Gasteiger partial charge in [-0.2, -0.15) is 0 Å². The molecular formula is C27H29N3O3. The first-order valence-corrected chi connectivity index (χ1v) is 12.0. The average molecular weight is 444 g/mol. The molecule has 6 nitrogen and oxygen atoms in total. The smallest absolute Gasteiger partial charge is 0.255 e. The van der Waals surface area contributed by atoms with Gasteiger partial charge in [0.1, 0.15) is 5.52 Å². The normalized spacial score (nSPS) is 27.6. The minimum atomic E-state index is -0.182. The number of oxazole rings is 1. The number of anilines is 1. The van der Waals surface area contributed by atoms with Crippen molar-refractivity contribution in [2.45, 2.75) is 52.0 Å². The van der Waals surface area contributed by atoms with Crippen molar-refractivity contribution in [1.82, 2.24) is 10.3 Å². The maximum atomic E-state index is 13.2. The van der Waals surface area contributed by atoms with E-state index < -0.39 is 0 Å². The Morgan fingerprint density at radius 1 is 1.00 bits per heavy atom. The zero-order chi connectivity index (χ0) is 22.6. The van der Waals surface area contributed by atoms with Crippen molar-refractivity contribution in [3.8, 4) is 0 Å². The van der Waals surface area contributed by atoms with Crippen molar-refractivity contribution < 1.29 is 14.0 Å². The maximum Gasteiger partial charge on any atom is 0.255 e. The molecule has 4 aliphatic rings. The topological polar surface area (TPSA) is 84.2 Å². The minimum absolute atomic E-state index is 0.127. The van der Waals surface area contributed by atoms with E-state index in [0.717, 1.165) is 48.1 Å². The van der Waals surface area contributed by atoms with E-state index in [2.05, 4.69) is 15.6 Å². The van der Waals surface area contributed by atoms with Gasteiger partial charge in [-0.15, -0.1) is 0 Å². The number of hydrogen-bond acceptors (Lipinski definition) is 4. The van der Waals surface area contributed by atoms with Gasteiger partial charge in [0.25, 0.3) is 5.91 Å². The number of rotatable bonds is 5. The molecule has 0 unspecified atom stereocenters. The summed E-state index contributed by atoms with van der Waals surface area (Å²) < 4.78 is 5.48. The Labute approximate surface area is 193 Å². The summed E-state index contributed by atoms with van der Waals surface area (Å²) in [5, 5.41) is 6.12. The highest BCUT2D eigenvalue weighted by atomic mass is 16.3. The molecule has 4 saturated carbocycles. The van der Waals surface area contributed by atoms with Crippen LogP contribution in [-0.2, 0) is 11.3 Å². The van der Waals surface area contributed by atoms with Crippen molar-refractivity contribution in [2.75, 3.05) is 5.32 Å². The quantitative estimate of drug-likeness (QED) is 0.566. The number of hydrogen-bond donors (Lipinski definition) is 2. The Balaban J connectivity index is 1.07. The van der Waals surface area contributed by atoms with Crippen LogP contribution in [0.5, 0.6) is 0 Å². The van der Waals surface area contributed by atoms with Gasteiger partial charge in [0.2, 0.25) is 5.91 Å². The summed E-state index contributed by atoms with van der Waals surface area (Å²) in [6.45, 7) is 2.30. The molecular weight excluding hydrogens is 414 g/mol. The van der Waals surface area contributed by atoms with E-state index in [1.165, 1.54) is 19.3 Å². The fourth-order valence-electron chi connectivity index (χ4n) is 6.86. The number of amides is 2. The number of carbonyl (C=O) groups is 2. The largest absolute Gasteiger partial charge is 0.441 e. The lowest BCUT2D eigenvalue weighted by Gasteiger charge is -2.55. The van der Waals surface area contributed by atoms with Crippen molar-refractivity contribution in [3.63, 3.8) is 0 Å². The molecule has 1 aromatic heterocycles. The van der Waals surface area contributed by atoms with Gasteiger partial charge in [0, 0.05) is 30.1 Å². The molecule has 0 atom stereocenters. The molecule has 1 heterocycles. The van der Waals surface area contributed by atoms with E-state index in [1.54, 1.807) is 37.3 Å². The zero-order valence-electron chi connectivity index (χ0n) is 18.9. The first-order valence-electron chi connectivity index (χ1n) is 12.0. The van der Waals surface area contributed by atoms with Crippen molar-refractivity contribution in [2.24, 2.45) is 23.2 Å². The van der Waals surface area contributed by atoms with E-state index in [-0.39, 0.29) is 17.2 Å². The molecule has 0 aliphatic heterocycles. The maximum absolute atomic E-state index is 13.2. The molecule has 0 spiro atoms. The fraction of sp³-hybridized carbons (Fsp3) is 0.444. The van der Waals surface area contributed by atoms with Crippen LogP contribution < -0.4 is 10.6 Å². The molecule has 7 rings (SSSR count). The molecule has 4 aliphatic carbocycles. The van der Waals surface area contributed by atoms with Crippen LogP contribution in [0.4, 0.5) is 5.69 Å². The monoisotopic (exact) mass is 443 g/mol. The van der Waals surface area contributed by atoms with Crippen LogP contribution in [-0.4, -0.2) is 16.8 Å². The lowest BCUT2D eigenvalue weighted by molar-refractivity contribution is -0.146. The number of aromatic nitrogens is 1. The fourth-order valence-corrected chi connectivity index (χ4v) is 6.86. The van der Waals surface area contributed by atoms with Gasteiger partial charge in [-0.3, -0.25) is 9.59 Å². The van der Waals surface area contributed by atoms with Gasteiger partial charge < -0.3 is 15.1 Å². The van der Waals surface area contributed by atoms with Crippen LogP contribution >= 0.6 is 0 Å². The number of nitrogens with zero attached hydrogens (tertiary/aromatic N) is 1. The van der Waals surface area contributed by atoms with E-state index in [4.69, 9.17) is 4.42 Å². The van der Waals surface area contributed by atoms with Gasteiger partial charge in [-0.25, -0.2) is 4.98 Å². The third-order valence-electron chi connectivity index (χ3n) is 7.94. The molecule has 4 fully saturated rings. The summed E-state index contributed by atoms with van der Waals surface area (Å²) in [5.41, 5.74) is 3.54. The summed E-state index contributed by atoms with van der Waals surface area (Å²) >= 11 is 0. The summed E-state index contributed by atoms with van der Waals surface area (Å²) in [5.74, 6) is 2.93. The number of benzene rings is 2. The summed E-state index contributed by atoms with van der Waals surface area (Å²) in [6, 6.07) is 12.9. The molecule has 2 aromatic carbocycles. The Morgan fingerprint density at radius 2 is 1.67 bits per heavy atom. The number of carbonyl (C=O) groups excluding carboxylic acids is 2. The van der Waals surface area contributed by atoms with E-state index in [0.29, 0.717) is 29.3 Å². The highest BCUT2D eigenvalue weighted by Gasteiger charge is 2.54. The molecule has 6 heteroatoms. The molecule has 3 aromatic rings. The first-order chi connectivity index (χ1) is 16.0. The third-order valence-corrected chi connectivity index (χ3v) is 7.94. The Hall–Kier alpha value is -3.15. The van der Waals surface area contributed by atoms with Gasteiger partial charge in [-0.1, -0.05) is 12.1 Å². The van der Waals surface area contributed by atoms with Gasteiger partial charge in [-0.05, 0) is 92.2 Å². The van der Waals surface area contributed by atoms with E-state index >= 15 is 0 Å². The molecule has 2 amide bonds. The second-order valence-corrected chi connectivity index (χ2v) is 10.4. The molecule has 0 radical (unpaired) electrons. The lowest BCUT2D eigenvalue weighted by atomic mass is 9.49. The second-order valence-electron chi connectivity index (χ2n) is 10.4. The highest BCUT2D eigenvalue weighted by molar-refractivity contribution is 6.04. The Bertz CT molecular complexity index is 1190. The van der Waals surface area contributed by atoms with Gasteiger partial charge >= 0.3 is 0 Å². The Kier molecular flexibility index (Phi) is 4.78. The first kappa shape index (κ1) is 20.5. The predicted octanol–water partition coefficient (Wildman–Crippen LogP) is 5.22. The third kappa shape index (κ3) is 3.81. The minimum Gasteiger partial charge on any atom is -0.441 e. The van der Waals surface area contributed by atoms with Crippen LogP contribution in [0.25, 0.3) is 11.1 Å². The second kappa shape index (κ2) is 7.72. The van der Waals surface area contributed by atoms with Gasteiger partial charge in [0.15, 0.2) is 11.5 Å². The Morgan fingerprint density at radius 3 is 2.33 bits per heavy atom. The SMILES string of the molecule is Cc1nc2cc(NC(=O)c3ccc(CNC(=O)C45CC6CC(CC(C6)C4)C5)cc3)ccc2o1.